The van der Waals surface area contributed by atoms with Crippen LogP contribution in [-0.4, -0.2) is 10.8 Å². The molecule has 0 spiro atoms. The summed E-state index contributed by atoms with van der Waals surface area (Å²) in [5.41, 5.74) is 3.71. The smallest absolute Gasteiger partial charge is 0.197 e. The van der Waals surface area contributed by atoms with Crippen LogP contribution in [0.2, 0.25) is 0 Å². The third-order valence-corrected chi connectivity index (χ3v) is 5.10. The van der Waals surface area contributed by atoms with Crippen molar-refractivity contribution in [1.29, 1.82) is 10.5 Å². The van der Waals surface area contributed by atoms with E-state index >= 15 is 0 Å². The highest BCUT2D eigenvalue weighted by Gasteiger charge is 2.11. The number of nitriles is 2. The van der Waals surface area contributed by atoms with Gasteiger partial charge in [-0.25, -0.2) is 4.98 Å². The zero-order valence-electron chi connectivity index (χ0n) is 15.1. The van der Waals surface area contributed by atoms with Gasteiger partial charge < -0.3 is 0 Å². The Bertz CT molecular complexity index is 1140. The minimum absolute atomic E-state index is 0.0996. The molecule has 3 rings (SSSR count). The zero-order valence-corrected chi connectivity index (χ0v) is 15.9. The van der Waals surface area contributed by atoms with Gasteiger partial charge in [0, 0.05) is 0 Å². The summed E-state index contributed by atoms with van der Waals surface area (Å²) in [5, 5.41) is 18.4. The number of hydrogen-bond donors (Lipinski definition) is 0. The second kappa shape index (κ2) is 8.73. The molecule has 4 nitrogen and oxygen atoms in total. The summed E-state index contributed by atoms with van der Waals surface area (Å²) in [6.07, 6.45) is 7.02. The molecule has 0 N–H and O–H groups in total. The van der Waals surface area contributed by atoms with Gasteiger partial charge in [0.15, 0.2) is 5.78 Å². The van der Waals surface area contributed by atoms with Crippen LogP contribution in [0.25, 0.3) is 18.2 Å². The Kier molecular flexibility index (Phi) is 5.91. The number of thiazole rings is 1. The summed E-state index contributed by atoms with van der Waals surface area (Å²) >= 11 is 1.34. The molecule has 2 aromatic carbocycles. The lowest BCUT2D eigenvalue weighted by molar-refractivity contribution is 0.105. The van der Waals surface area contributed by atoms with E-state index in [2.05, 4.69) is 17.1 Å². The monoisotopic (exact) mass is 381 g/mol. The fourth-order valence-electron chi connectivity index (χ4n) is 2.47. The Morgan fingerprint density at radius 2 is 1.43 bits per heavy atom. The zero-order chi connectivity index (χ0) is 19.9. The van der Waals surface area contributed by atoms with Crippen LogP contribution in [0.4, 0.5) is 0 Å². The van der Waals surface area contributed by atoms with Gasteiger partial charge in [-0.1, -0.05) is 36.4 Å². The van der Waals surface area contributed by atoms with Gasteiger partial charge in [0.1, 0.15) is 5.01 Å². The maximum atomic E-state index is 12.5. The minimum Gasteiger partial charge on any atom is -0.288 e. The molecule has 0 saturated heterocycles. The van der Waals surface area contributed by atoms with Crippen molar-refractivity contribution < 1.29 is 4.79 Å². The van der Waals surface area contributed by atoms with Gasteiger partial charge in [-0.3, -0.25) is 4.79 Å². The lowest BCUT2D eigenvalue weighted by Gasteiger charge is -1.94. The molecular formula is C23H15N3OS. The fraction of sp³-hybridized carbons (Fsp3) is 0.0435. The molecule has 28 heavy (non-hydrogen) atoms. The minimum atomic E-state index is -0.0996. The number of benzene rings is 2. The number of aromatic nitrogens is 1. The average molecular weight is 381 g/mol. The maximum absolute atomic E-state index is 12.5. The highest BCUT2D eigenvalue weighted by molar-refractivity contribution is 7.14. The number of hydrogen-bond acceptors (Lipinski definition) is 5. The Morgan fingerprint density at radius 3 is 1.96 bits per heavy atom. The molecule has 1 heterocycles. The van der Waals surface area contributed by atoms with Crippen molar-refractivity contribution in [1.82, 2.24) is 4.98 Å². The average Bonchev–Trinajstić information content (AvgIpc) is 3.12. The fourth-order valence-corrected chi connectivity index (χ4v) is 3.36. The van der Waals surface area contributed by atoms with Crippen molar-refractivity contribution in [2.45, 2.75) is 6.92 Å². The number of allylic oxidation sites excluding steroid dienone is 1. The van der Waals surface area contributed by atoms with Crippen molar-refractivity contribution in [2.75, 3.05) is 0 Å². The third kappa shape index (κ3) is 4.67. The third-order valence-electron chi connectivity index (χ3n) is 3.96. The van der Waals surface area contributed by atoms with E-state index in [4.69, 9.17) is 10.5 Å². The first-order chi connectivity index (χ1) is 13.6. The maximum Gasteiger partial charge on any atom is 0.197 e. The summed E-state index contributed by atoms with van der Waals surface area (Å²) in [6, 6.07) is 18.4. The summed E-state index contributed by atoms with van der Waals surface area (Å²) in [6.45, 7) is 1.82. The number of carbonyl (C=O) groups excluding carboxylic acids is 1. The van der Waals surface area contributed by atoms with Gasteiger partial charge in [0.05, 0.1) is 33.8 Å². The molecule has 3 aromatic rings. The predicted molar refractivity (Wildman–Crippen MR) is 111 cm³/mol. The molecule has 0 aliphatic rings. The predicted octanol–water partition coefficient (Wildman–Crippen LogP) is 5.26. The molecule has 0 aliphatic carbocycles. The number of ketones is 1. The molecule has 1 aromatic heterocycles. The van der Waals surface area contributed by atoms with Crippen LogP contribution in [0.1, 0.15) is 42.6 Å². The van der Waals surface area contributed by atoms with Crippen molar-refractivity contribution in [3.05, 3.63) is 92.4 Å². The highest BCUT2D eigenvalue weighted by atomic mass is 32.1. The molecule has 0 saturated carbocycles. The van der Waals surface area contributed by atoms with Crippen LogP contribution >= 0.6 is 11.3 Å². The first-order valence-electron chi connectivity index (χ1n) is 8.47. The van der Waals surface area contributed by atoms with Gasteiger partial charge in [-0.15, -0.1) is 11.3 Å². The lowest BCUT2D eigenvalue weighted by atomic mass is 10.1. The summed E-state index contributed by atoms with van der Waals surface area (Å²) in [7, 11) is 0. The molecule has 0 atom stereocenters. The van der Waals surface area contributed by atoms with Gasteiger partial charge >= 0.3 is 0 Å². The van der Waals surface area contributed by atoms with Crippen LogP contribution in [0.3, 0.4) is 0 Å². The van der Waals surface area contributed by atoms with Gasteiger partial charge in [-0.05, 0) is 54.5 Å². The van der Waals surface area contributed by atoms with E-state index in [1.54, 1.807) is 42.5 Å². The Morgan fingerprint density at radius 1 is 0.893 bits per heavy atom. The Labute approximate surface area is 167 Å². The number of carbonyl (C=O) groups is 1. The summed E-state index contributed by atoms with van der Waals surface area (Å²) in [5.74, 6) is -0.0996. The van der Waals surface area contributed by atoms with Crippen molar-refractivity contribution in [3.63, 3.8) is 0 Å². The molecule has 0 fully saturated rings. The number of nitrogens with zero attached hydrogens (tertiary/aromatic N) is 3. The van der Waals surface area contributed by atoms with Crippen molar-refractivity contribution in [2.24, 2.45) is 0 Å². The summed E-state index contributed by atoms with van der Waals surface area (Å²) in [4.78, 5) is 17.5. The lowest BCUT2D eigenvalue weighted by Crippen LogP contribution is -1.93. The quantitative estimate of drug-likeness (QED) is 0.446. The second-order valence-corrected chi connectivity index (χ2v) is 7.00. The van der Waals surface area contributed by atoms with Crippen molar-refractivity contribution >= 4 is 35.3 Å². The standard InChI is InChI=1S/C23H15N3OS/c1-16-23(21(27)12-10-17-2-6-19(14-24)7-3-17)28-22(26-16)13-11-18-4-8-20(15-25)9-5-18/h2-13H,1H3. The number of aryl methyl sites for hydroxylation is 1. The van der Waals surface area contributed by atoms with E-state index in [1.807, 2.05) is 31.2 Å². The van der Waals surface area contributed by atoms with Crippen LogP contribution in [0, 0.1) is 29.6 Å². The highest BCUT2D eigenvalue weighted by Crippen LogP contribution is 2.22. The SMILES string of the molecule is Cc1nc(C=Cc2ccc(C#N)cc2)sc1C(=O)C=Cc1ccc(C#N)cc1. The van der Waals surface area contributed by atoms with E-state index in [9.17, 15) is 4.79 Å². The molecule has 0 radical (unpaired) electrons. The molecule has 5 heteroatoms. The van der Waals surface area contributed by atoms with E-state index in [1.165, 1.54) is 17.4 Å². The largest absolute Gasteiger partial charge is 0.288 e. The normalized spacial score (nSPS) is 10.8. The molecule has 0 bridgehead atoms. The molecular weight excluding hydrogens is 366 g/mol. The van der Waals surface area contributed by atoms with E-state index in [-0.39, 0.29) is 5.78 Å². The van der Waals surface area contributed by atoms with E-state index in [0.29, 0.717) is 21.7 Å². The van der Waals surface area contributed by atoms with Crippen LogP contribution < -0.4 is 0 Å². The van der Waals surface area contributed by atoms with E-state index < -0.39 is 0 Å². The first-order valence-corrected chi connectivity index (χ1v) is 9.29. The van der Waals surface area contributed by atoms with Crippen molar-refractivity contribution in [3.8, 4) is 12.1 Å². The van der Waals surface area contributed by atoms with Gasteiger partial charge in [0.2, 0.25) is 0 Å². The first kappa shape index (κ1) is 19.0. The molecule has 0 aliphatic heterocycles. The van der Waals surface area contributed by atoms with Gasteiger partial charge in [-0.2, -0.15) is 10.5 Å². The summed E-state index contributed by atoms with van der Waals surface area (Å²) < 4.78 is 0. The van der Waals surface area contributed by atoms with Crippen LogP contribution in [-0.2, 0) is 0 Å². The Hall–Kier alpha value is -3.80. The van der Waals surface area contributed by atoms with Gasteiger partial charge in [0.25, 0.3) is 0 Å². The van der Waals surface area contributed by atoms with E-state index in [0.717, 1.165) is 16.1 Å². The van der Waals surface area contributed by atoms with Crippen LogP contribution in [0.15, 0.2) is 54.6 Å². The molecule has 0 unspecified atom stereocenters. The van der Waals surface area contributed by atoms with Crippen LogP contribution in [0.5, 0.6) is 0 Å². The second-order valence-electron chi connectivity index (χ2n) is 5.97. The number of rotatable bonds is 5. The Balaban J connectivity index is 1.72. The molecule has 0 amide bonds. The topological polar surface area (TPSA) is 77.5 Å². The molecule has 134 valence electrons.